The number of carbonyl (C=O) groups is 1. The van der Waals surface area contributed by atoms with Gasteiger partial charge in [-0.25, -0.2) is 9.18 Å². The van der Waals surface area contributed by atoms with E-state index in [2.05, 4.69) is 18.3 Å². The molecular formula is C27H28FNO4. The third kappa shape index (κ3) is 5.52. The molecule has 1 atom stereocenters. The Morgan fingerprint density at radius 1 is 1.09 bits per heavy atom. The van der Waals surface area contributed by atoms with Gasteiger partial charge in [0.05, 0.1) is 12.2 Å². The lowest BCUT2D eigenvalue weighted by atomic mass is 9.97. The highest BCUT2D eigenvalue weighted by molar-refractivity contribution is 5.90. The zero-order valence-electron chi connectivity index (χ0n) is 18.9. The van der Waals surface area contributed by atoms with E-state index in [9.17, 15) is 9.18 Å². The molecule has 0 aliphatic carbocycles. The van der Waals surface area contributed by atoms with Gasteiger partial charge in [-0.3, -0.25) is 0 Å². The smallest absolute Gasteiger partial charge is 0.338 e. The summed E-state index contributed by atoms with van der Waals surface area (Å²) in [6, 6.07) is 18.2. The van der Waals surface area contributed by atoms with E-state index in [4.69, 9.17) is 14.2 Å². The van der Waals surface area contributed by atoms with Gasteiger partial charge in [-0.05, 0) is 72.8 Å². The molecule has 0 spiro atoms. The minimum absolute atomic E-state index is 0.252. The van der Waals surface area contributed by atoms with Crippen LogP contribution in [-0.4, -0.2) is 25.9 Å². The van der Waals surface area contributed by atoms with Gasteiger partial charge in [-0.2, -0.15) is 0 Å². The Hall–Kier alpha value is -3.38. The van der Waals surface area contributed by atoms with E-state index >= 15 is 0 Å². The first-order valence-electron chi connectivity index (χ1n) is 11.2. The maximum absolute atomic E-state index is 14.7. The summed E-state index contributed by atoms with van der Waals surface area (Å²) in [5, 5.41) is 3.40. The van der Waals surface area contributed by atoms with Crippen LogP contribution < -0.4 is 14.8 Å². The van der Waals surface area contributed by atoms with E-state index in [1.54, 1.807) is 25.1 Å². The molecule has 5 nitrogen and oxygen atoms in total. The number of hydrogen-bond acceptors (Lipinski definition) is 5. The maximum atomic E-state index is 14.7. The average Bonchev–Trinajstić information content (AvgIpc) is 3.28. The summed E-state index contributed by atoms with van der Waals surface area (Å²) >= 11 is 0. The summed E-state index contributed by atoms with van der Waals surface area (Å²) in [5.74, 6) is 1.31. The first kappa shape index (κ1) is 22.8. The number of hydrogen-bond donors (Lipinski definition) is 1. The van der Waals surface area contributed by atoms with Crippen molar-refractivity contribution in [3.05, 3.63) is 83.2 Å². The van der Waals surface area contributed by atoms with E-state index in [1.165, 1.54) is 11.6 Å². The predicted octanol–water partition coefficient (Wildman–Crippen LogP) is 5.37. The summed E-state index contributed by atoms with van der Waals surface area (Å²) in [7, 11) is 0. The number of nitrogens with one attached hydrogen (secondary N) is 1. The van der Waals surface area contributed by atoms with Crippen molar-refractivity contribution in [3.63, 3.8) is 0 Å². The fraction of sp³-hybridized carbons (Fsp3) is 0.296. The van der Waals surface area contributed by atoms with Crippen LogP contribution in [0.15, 0.2) is 60.7 Å². The molecule has 6 heteroatoms. The number of ether oxygens (including phenoxy) is 3. The molecule has 0 aromatic heterocycles. The van der Waals surface area contributed by atoms with Gasteiger partial charge in [0.25, 0.3) is 0 Å². The van der Waals surface area contributed by atoms with Crippen molar-refractivity contribution in [2.24, 2.45) is 5.92 Å². The largest absolute Gasteiger partial charge is 0.462 e. The van der Waals surface area contributed by atoms with Gasteiger partial charge in [0.1, 0.15) is 5.82 Å². The molecule has 1 unspecified atom stereocenters. The second kappa shape index (κ2) is 10.5. The maximum Gasteiger partial charge on any atom is 0.338 e. The van der Waals surface area contributed by atoms with Crippen LogP contribution in [0.2, 0.25) is 0 Å². The predicted molar refractivity (Wildman–Crippen MR) is 125 cm³/mol. The van der Waals surface area contributed by atoms with Crippen molar-refractivity contribution in [2.45, 2.75) is 26.8 Å². The fourth-order valence-electron chi connectivity index (χ4n) is 4.00. The highest BCUT2D eigenvalue weighted by atomic mass is 19.1. The highest BCUT2D eigenvalue weighted by Crippen LogP contribution is 2.33. The Morgan fingerprint density at radius 2 is 1.88 bits per heavy atom. The summed E-state index contributed by atoms with van der Waals surface area (Å²) in [6.07, 6.45) is 0.878. The van der Waals surface area contributed by atoms with Gasteiger partial charge in [-0.1, -0.05) is 37.3 Å². The summed E-state index contributed by atoms with van der Waals surface area (Å²) in [6.45, 7) is 5.68. The van der Waals surface area contributed by atoms with E-state index in [0.29, 0.717) is 30.2 Å². The molecule has 172 valence electrons. The van der Waals surface area contributed by atoms with Crippen LogP contribution in [-0.2, 0) is 17.7 Å². The van der Waals surface area contributed by atoms with E-state index < -0.39 is 0 Å². The number of rotatable bonds is 9. The molecule has 0 radical (unpaired) electrons. The molecule has 1 heterocycles. The standard InChI is InChI=1S/C27H28FNO4/c1-3-31-27(30)21-10-8-20(9-11-21)22-5-4-6-24(28)23(22)16-29-15-18(2)13-19-7-12-25-26(14-19)33-17-32-25/h4-12,14,18,29H,3,13,15-17H2,1-2H3. The van der Waals surface area contributed by atoms with E-state index in [-0.39, 0.29) is 18.6 Å². The van der Waals surface area contributed by atoms with Crippen molar-refractivity contribution in [2.75, 3.05) is 19.9 Å². The minimum atomic E-state index is -0.360. The zero-order chi connectivity index (χ0) is 23.2. The molecule has 3 aromatic rings. The number of fused-ring (bicyclic) bond motifs is 1. The van der Waals surface area contributed by atoms with Crippen molar-refractivity contribution in [3.8, 4) is 22.6 Å². The number of benzene rings is 3. The third-order valence-electron chi connectivity index (χ3n) is 5.64. The van der Waals surface area contributed by atoms with Crippen molar-refractivity contribution in [1.29, 1.82) is 0 Å². The van der Waals surface area contributed by atoms with Crippen LogP contribution in [0, 0.1) is 11.7 Å². The molecular weight excluding hydrogens is 421 g/mol. The van der Waals surface area contributed by atoms with Gasteiger partial charge in [0.15, 0.2) is 11.5 Å². The first-order chi connectivity index (χ1) is 16.0. The van der Waals surface area contributed by atoms with Crippen molar-refractivity contribution >= 4 is 5.97 Å². The molecule has 0 amide bonds. The number of carbonyl (C=O) groups excluding carboxylic acids is 1. The summed E-state index contributed by atoms with van der Waals surface area (Å²) < 4.78 is 30.6. The molecule has 1 aliphatic rings. The molecule has 33 heavy (non-hydrogen) atoms. The molecule has 0 fully saturated rings. The Morgan fingerprint density at radius 3 is 2.67 bits per heavy atom. The van der Waals surface area contributed by atoms with Gasteiger partial charge in [0.2, 0.25) is 6.79 Å². The second-order valence-electron chi connectivity index (χ2n) is 8.19. The fourth-order valence-corrected chi connectivity index (χ4v) is 4.00. The summed E-state index contributed by atoms with van der Waals surface area (Å²) in [5.41, 5.74) is 3.93. The molecule has 0 saturated heterocycles. The monoisotopic (exact) mass is 449 g/mol. The molecule has 1 N–H and O–H groups in total. The Balaban J connectivity index is 1.39. The van der Waals surface area contributed by atoms with Gasteiger partial charge < -0.3 is 19.5 Å². The number of esters is 1. The van der Waals surface area contributed by atoms with Gasteiger partial charge >= 0.3 is 5.97 Å². The quantitative estimate of drug-likeness (QED) is 0.445. The third-order valence-corrected chi connectivity index (χ3v) is 5.64. The van der Waals surface area contributed by atoms with Crippen molar-refractivity contribution < 1.29 is 23.4 Å². The second-order valence-corrected chi connectivity index (χ2v) is 8.19. The number of halogens is 1. The van der Waals surface area contributed by atoms with Crippen LogP contribution in [0.5, 0.6) is 11.5 Å². The topological polar surface area (TPSA) is 56.8 Å². The van der Waals surface area contributed by atoms with Crippen molar-refractivity contribution in [1.82, 2.24) is 5.32 Å². The zero-order valence-corrected chi connectivity index (χ0v) is 18.9. The lowest BCUT2D eigenvalue weighted by Gasteiger charge is -2.16. The SMILES string of the molecule is CCOC(=O)c1ccc(-c2cccc(F)c2CNCC(C)Cc2ccc3c(c2)OCO3)cc1. The molecule has 0 bridgehead atoms. The van der Waals surface area contributed by atoms with E-state index in [0.717, 1.165) is 35.6 Å². The van der Waals surface area contributed by atoms with Gasteiger partial charge in [0, 0.05) is 12.1 Å². The average molecular weight is 450 g/mol. The normalized spacial score (nSPS) is 13.1. The van der Waals surface area contributed by atoms with Crippen LogP contribution in [0.1, 0.15) is 35.3 Å². The van der Waals surface area contributed by atoms with Crippen LogP contribution in [0.25, 0.3) is 11.1 Å². The molecule has 3 aromatic carbocycles. The lowest BCUT2D eigenvalue weighted by Crippen LogP contribution is -2.23. The molecule has 1 aliphatic heterocycles. The lowest BCUT2D eigenvalue weighted by molar-refractivity contribution is 0.0526. The van der Waals surface area contributed by atoms with Crippen LogP contribution in [0.4, 0.5) is 4.39 Å². The Kier molecular flexibility index (Phi) is 7.25. The first-order valence-corrected chi connectivity index (χ1v) is 11.2. The Bertz CT molecular complexity index is 1110. The minimum Gasteiger partial charge on any atom is -0.462 e. The molecule has 4 rings (SSSR count). The van der Waals surface area contributed by atoms with Gasteiger partial charge in [-0.15, -0.1) is 0 Å². The van der Waals surface area contributed by atoms with Crippen LogP contribution in [0.3, 0.4) is 0 Å². The van der Waals surface area contributed by atoms with E-state index in [1.807, 2.05) is 30.3 Å². The molecule has 0 saturated carbocycles. The Labute approximate surface area is 193 Å². The van der Waals surface area contributed by atoms with Crippen LogP contribution >= 0.6 is 0 Å². The highest BCUT2D eigenvalue weighted by Gasteiger charge is 2.15. The summed E-state index contributed by atoms with van der Waals surface area (Å²) in [4.78, 5) is 11.9.